The minimum Gasteiger partial charge on any atom is -0.326 e. The van der Waals surface area contributed by atoms with Gasteiger partial charge in [0.1, 0.15) is 0 Å². The van der Waals surface area contributed by atoms with E-state index in [2.05, 4.69) is 0 Å². The van der Waals surface area contributed by atoms with Crippen LogP contribution in [0.1, 0.15) is 22.3 Å². The molecule has 2 nitrogen and oxygen atoms in total. The van der Waals surface area contributed by atoms with Gasteiger partial charge in [-0.2, -0.15) is 18.4 Å². The fourth-order valence-corrected chi connectivity index (χ4v) is 1.44. The molecule has 1 aromatic carbocycles. The summed E-state index contributed by atoms with van der Waals surface area (Å²) >= 11 is 0. The van der Waals surface area contributed by atoms with Crippen molar-refractivity contribution in [1.29, 1.82) is 5.26 Å². The zero-order chi connectivity index (χ0) is 11.6. The maximum atomic E-state index is 12.5. The van der Waals surface area contributed by atoms with Crippen LogP contribution in [0, 0.1) is 18.3 Å². The van der Waals surface area contributed by atoms with Crippen molar-refractivity contribution in [2.75, 3.05) is 0 Å². The first-order valence-corrected chi connectivity index (χ1v) is 4.21. The monoisotopic (exact) mass is 214 g/mol. The Morgan fingerprint density at radius 3 is 2.40 bits per heavy atom. The first-order chi connectivity index (χ1) is 6.90. The van der Waals surface area contributed by atoms with E-state index < -0.39 is 11.7 Å². The van der Waals surface area contributed by atoms with E-state index in [1.165, 1.54) is 19.1 Å². The van der Waals surface area contributed by atoms with Gasteiger partial charge in [0.05, 0.1) is 17.2 Å². The van der Waals surface area contributed by atoms with Gasteiger partial charge in [-0.05, 0) is 24.1 Å². The molecule has 0 radical (unpaired) electrons. The second-order valence-corrected chi connectivity index (χ2v) is 3.15. The summed E-state index contributed by atoms with van der Waals surface area (Å²) in [6, 6.07) is 4.07. The zero-order valence-corrected chi connectivity index (χ0v) is 8.02. The molecule has 0 aliphatic carbocycles. The zero-order valence-electron chi connectivity index (χ0n) is 8.02. The van der Waals surface area contributed by atoms with Gasteiger partial charge in [0.25, 0.3) is 0 Å². The van der Waals surface area contributed by atoms with Crippen molar-refractivity contribution < 1.29 is 13.2 Å². The topological polar surface area (TPSA) is 49.8 Å². The van der Waals surface area contributed by atoms with Gasteiger partial charge < -0.3 is 5.73 Å². The van der Waals surface area contributed by atoms with Gasteiger partial charge in [-0.25, -0.2) is 0 Å². The Morgan fingerprint density at radius 2 is 2.00 bits per heavy atom. The molecule has 0 spiro atoms. The highest BCUT2D eigenvalue weighted by atomic mass is 19.4. The molecule has 0 amide bonds. The third-order valence-corrected chi connectivity index (χ3v) is 2.03. The Hall–Kier alpha value is -1.54. The number of rotatable bonds is 1. The smallest absolute Gasteiger partial charge is 0.326 e. The van der Waals surface area contributed by atoms with Gasteiger partial charge in [-0.3, -0.25) is 0 Å². The normalized spacial score (nSPS) is 11.2. The summed E-state index contributed by atoms with van der Waals surface area (Å²) in [5, 5.41) is 8.64. The van der Waals surface area contributed by atoms with Gasteiger partial charge in [-0.15, -0.1) is 0 Å². The average molecular weight is 214 g/mol. The third kappa shape index (κ3) is 2.28. The summed E-state index contributed by atoms with van der Waals surface area (Å²) in [5.74, 6) is 0. The van der Waals surface area contributed by atoms with E-state index in [1.54, 1.807) is 6.07 Å². The van der Waals surface area contributed by atoms with Crippen LogP contribution in [0.3, 0.4) is 0 Å². The number of alkyl halides is 3. The number of aryl methyl sites for hydroxylation is 1. The van der Waals surface area contributed by atoms with Crippen LogP contribution in [0.4, 0.5) is 13.2 Å². The van der Waals surface area contributed by atoms with E-state index in [-0.39, 0.29) is 17.7 Å². The summed E-state index contributed by atoms with van der Waals surface area (Å²) < 4.78 is 37.6. The summed E-state index contributed by atoms with van der Waals surface area (Å²) in [7, 11) is 0. The second-order valence-electron chi connectivity index (χ2n) is 3.15. The lowest BCUT2D eigenvalue weighted by atomic mass is 9.98. The minimum absolute atomic E-state index is 0.0296. The minimum atomic E-state index is -4.50. The maximum Gasteiger partial charge on any atom is 0.417 e. The lowest BCUT2D eigenvalue weighted by Gasteiger charge is -2.13. The number of hydrogen-bond acceptors (Lipinski definition) is 2. The molecule has 1 rings (SSSR count). The van der Waals surface area contributed by atoms with Crippen molar-refractivity contribution >= 4 is 0 Å². The molecule has 0 saturated heterocycles. The SMILES string of the molecule is Cc1cc(CN)cc(C#N)c1C(F)(F)F. The van der Waals surface area contributed by atoms with E-state index in [9.17, 15) is 13.2 Å². The van der Waals surface area contributed by atoms with Crippen LogP contribution in [0.15, 0.2) is 12.1 Å². The molecule has 0 saturated carbocycles. The molecule has 2 N–H and O–H groups in total. The van der Waals surface area contributed by atoms with Crippen LogP contribution in [0.25, 0.3) is 0 Å². The van der Waals surface area contributed by atoms with E-state index >= 15 is 0 Å². The van der Waals surface area contributed by atoms with Gasteiger partial charge in [0, 0.05) is 6.54 Å². The fourth-order valence-electron chi connectivity index (χ4n) is 1.44. The molecular weight excluding hydrogens is 205 g/mol. The number of halogens is 3. The van der Waals surface area contributed by atoms with Crippen LogP contribution in [-0.2, 0) is 12.7 Å². The second kappa shape index (κ2) is 3.91. The first kappa shape index (κ1) is 11.5. The van der Waals surface area contributed by atoms with Gasteiger partial charge in [0.15, 0.2) is 0 Å². The predicted octanol–water partition coefficient (Wildman–Crippen LogP) is 2.34. The molecule has 0 bridgehead atoms. The van der Waals surface area contributed by atoms with E-state index in [4.69, 9.17) is 11.0 Å². The van der Waals surface area contributed by atoms with Crippen molar-refractivity contribution in [3.05, 3.63) is 34.4 Å². The molecule has 0 aromatic heterocycles. The molecule has 1 aromatic rings. The predicted molar refractivity (Wildman–Crippen MR) is 48.8 cm³/mol. The van der Waals surface area contributed by atoms with Gasteiger partial charge >= 0.3 is 6.18 Å². The van der Waals surface area contributed by atoms with Crippen LogP contribution >= 0.6 is 0 Å². The fraction of sp³-hybridized carbons (Fsp3) is 0.300. The molecule has 0 atom stereocenters. The van der Waals surface area contributed by atoms with Crippen molar-refractivity contribution in [1.82, 2.24) is 0 Å². The van der Waals surface area contributed by atoms with Crippen LogP contribution in [-0.4, -0.2) is 0 Å². The quantitative estimate of drug-likeness (QED) is 0.780. The van der Waals surface area contributed by atoms with Gasteiger partial charge in [0.2, 0.25) is 0 Å². The van der Waals surface area contributed by atoms with Crippen molar-refractivity contribution in [3.63, 3.8) is 0 Å². The summed E-state index contributed by atoms with van der Waals surface area (Å²) in [5.41, 5.74) is 4.62. The number of nitrogens with zero attached hydrogens (tertiary/aromatic N) is 1. The number of nitrogens with two attached hydrogens (primary N) is 1. The Labute approximate surface area is 85.1 Å². The summed E-state index contributed by atoms with van der Waals surface area (Å²) in [6.45, 7) is 1.44. The van der Waals surface area contributed by atoms with E-state index in [0.29, 0.717) is 5.56 Å². The molecule has 0 aliphatic heterocycles. The van der Waals surface area contributed by atoms with Gasteiger partial charge in [-0.1, -0.05) is 6.07 Å². The highest BCUT2D eigenvalue weighted by molar-refractivity contribution is 5.47. The number of hydrogen-bond donors (Lipinski definition) is 1. The molecule has 15 heavy (non-hydrogen) atoms. The largest absolute Gasteiger partial charge is 0.417 e. The van der Waals surface area contributed by atoms with Crippen molar-refractivity contribution in [2.45, 2.75) is 19.6 Å². The third-order valence-electron chi connectivity index (χ3n) is 2.03. The Balaban J connectivity index is 3.47. The molecule has 0 aliphatic rings. The lowest BCUT2D eigenvalue weighted by molar-refractivity contribution is -0.138. The van der Waals surface area contributed by atoms with Crippen LogP contribution in [0.5, 0.6) is 0 Å². The van der Waals surface area contributed by atoms with Crippen LogP contribution < -0.4 is 5.73 Å². The number of benzene rings is 1. The first-order valence-electron chi connectivity index (χ1n) is 4.21. The van der Waals surface area contributed by atoms with Crippen molar-refractivity contribution in [2.24, 2.45) is 5.73 Å². The standard InChI is InChI=1S/C10H9F3N2/c1-6-2-7(4-14)3-8(5-15)9(6)10(11,12)13/h2-3H,4,14H2,1H3. The Bertz CT molecular complexity index is 416. The molecule has 5 heteroatoms. The highest BCUT2D eigenvalue weighted by Crippen LogP contribution is 2.34. The summed E-state index contributed by atoms with van der Waals surface area (Å²) in [6.07, 6.45) is -4.50. The van der Waals surface area contributed by atoms with Crippen molar-refractivity contribution in [3.8, 4) is 6.07 Å². The van der Waals surface area contributed by atoms with Crippen LogP contribution in [0.2, 0.25) is 0 Å². The molecule has 0 heterocycles. The number of nitriles is 1. The lowest BCUT2D eigenvalue weighted by Crippen LogP contribution is -2.11. The highest BCUT2D eigenvalue weighted by Gasteiger charge is 2.35. The molecular formula is C10H9F3N2. The molecule has 0 unspecified atom stereocenters. The Kier molecular flexibility index (Phi) is 3.01. The summed E-state index contributed by atoms with van der Waals surface area (Å²) in [4.78, 5) is 0. The van der Waals surface area contributed by atoms with E-state index in [1.807, 2.05) is 0 Å². The van der Waals surface area contributed by atoms with E-state index in [0.717, 1.165) is 0 Å². The Morgan fingerprint density at radius 1 is 1.40 bits per heavy atom. The average Bonchev–Trinajstić information content (AvgIpc) is 2.14. The molecule has 80 valence electrons. The maximum absolute atomic E-state index is 12.5. The molecule has 0 fully saturated rings.